The Bertz CT molecular complexity index is 996. The molecule has 6 nitrogen and oxygen atoms in total. The van der Waals surface area contributed by atoms with Crippen LogP contribution in [0.2, 0.25) is 0 Å². The maximum Gasteiger partial charge on any atom is 0.287 e. The molecule has 0 aliphatic heterocycles. The molecule has 0 aliphatic rings. The van der Waals surface area contributed by atoms with E-state index in [0.29, 0.717) is 18.1 Å². The van der Waals surface area contributed by atoms with Crippen molar-refractivity contribution in [2.45, 2.75) is 12.5 Å². The first-order valence-corrected chi connectivity index (χ1v) is 8.57. The minimum Gasteiger partial charge on any atom is -0.459 e. The second kappa shape index (κ2) is 7.70. The summed E-state index contributed by atoms with van der Waals surface area (Å²) in [7, 11) is 0. The average molecular weight is 359 g/mol. The number of amides is 1. The van der Waals surface area contributed by atoms with Crippen LogP contribution in [0.1, 0.15) is 28.1 Å². The van der Waals surface area contributed by atoms with Gasteiger partial charge in [-0.2, -0.15) is 4.98 Å². The lowest BCUT2D eigenvalue weighted by Crippen LogP contribution is -2.30. The summed E-state index contributed by atoms with van der Waals surface area (Å²) in [4.78, 5) is 17.0. The molecule has 2 aromatic carbocycles. The predicted molar refractivity (Wildman–Crippen MR) is 98.8 cm³/mol. The summed E-state index contributed by atoms with van der Waals surface area (Å²) in [6.45, 7) is 0. The second-order valence-electron chi connectivity index (χ2n) is 6.02. The smallest absolute Gasteiger partial charge is 0.287 e. The van der Waals surface area contributed by atoms with Crippen LogP contribution < -0.4 is 5.32 Å². The molecule has 6 heteroatoms. The Hall–Kier alpha value is -3.67. The molecule has 2 heterocycles. The minimum absolute atomic E-state index is 0.232. The van der Waals surface area contributed by atoms with Gasteiger partial charge in [-0.25, -0.2) is 0 Å². The van der Waals surface area contributed by atoms with Crippen LogP contribution in [-0.2, 0) is 6.42 Å². The highest BCUT2D eigenvalue weighted by molar-refractivity contribution is 5.91. The Morgan fingerprint density at radius 1 is 0.963 bits per heavy atom. The average Bonchev–Trinajstić information content (AvgIpc) is 3.41. The number of furan rings is 1. The van der Waals surface area contributed by atoms with Crippen LogP contribution in [0.5, 0.6) is 0 Å². The van der Waals surface area contributed by atoms with E-state index in [-0.39, 0.29) is 11.7 Å². The molecule has 4 aromatic rings. The summed E-state index contributed by atoms with van der Waals surface area (Å²) in [6, 6.07) is 22.2. The Labute approximate surface area is 155 Å². The Morgan fingerprint density at radius 3 is 2.41 bits per heavy atom. The molecule has 0 fully saturated rings. The van der Waals surface area contributed by atoms with Crippen molar-refractivity contribution < 1.29 is 13.7 Å². The van der Waals surface area contributed by atoms with E-state index in [1.165, 1.54) is 6.26 Å². The SMILES string of the molecule is O=C(N[C@@H](Cc1ccccc1)c1nc(-c2ccccc2)no1)c1ccco1. The lowest BCUT2D eigenvalue weighted by atomic mass is 10.1. The van der Waals surface area contributed by atoms with Crippen molar-refractivity contribution in [2.75, 3.05) is 0 Å². The van der Waals surface area contributed by atoms with Crippen molar-refractivity contribution in [2.24, 2.45) is 0 Å². The van der Waals surface area contributed by atoms with Crippen molar-refractivity contribution in [3.8, 4) is 11.4 Å². The van der Waals surface area contributed by atoms with E-state index < -0.39 is 6.04 Å². The summed E-state index contributed by atoms with van der Waals surface area (Å²) >= 11 is 0. The van der Waals surface area contributed by atoms with Crippen LogP contribution in [0.3, 0.4) is 0 Å². The molecule has 27 heavy (non-hydrogen) atoms. The van der Waals surface area contributed by atoms with Crippen LogP contribution in [-0.4, -0.2) is 16.0 Å². The van der Waals surface area contributed by atoms with Crippen molar-refractivity contribution in [1.29, 1.82) is 0 Å². The molecule has 0 spiro atoms. The fourth-order valence-electron chi connectivity index (χ4n) is 2.77. The van der Waals surface area contributed by atoms with Gasteiger partial charge in [-0.3, -0.25) is 4.79 Å². The van der Waals surface area contributed by atoms with E-state index in [2.05, 4.69) is 15.5 Å². The van der Waals surface area contributed by atoms with Gasteiger partial charge in [0, 0.05) is 12.0 Å². The molecule has 1 amide bonds. The van der Waals surface area contributed by atoms with E-state index in [9.17, 15) is 4.79 Å². The van der Waals surface area contributed by atoms with Gasteiger partial charge in [0.1, 0.15) is 6.04 Å². The number of carbonyl (C=O) groups excluding carboxylic acids is 1. The van der Waals surface area contributed by atoms with Gasteiger partial charge < -0.3 is 14.3 Å². The third-order valence-corrected chi connectivity index (χ3v) is 4.10. The molecule has 0 saturated carbocycles. The van der Waals surface area contributed by atoms with Crippen LogP contribution in [0.25, 0.3) is 11.4 Å². The summed E-state index contributed by atoms with van der Waals surface area (Å²) in [5, 5.41) is 6.98. The monoisotopic (exact) mass is 359 g/mol. The molecule has 0 bridgehead atoms. The molecule has 4 rings (SSSR count). The molecule has 0 radical (unpaired) electrons. The molecule has 0 saturated heterocycles. The Kier molecular flexibility index (Phi) is 4.78. The van der Waals surface area contributed by atoms with Crippen LogP contribution >= 0.6 is 0 Å². The largest absolute Gasteiger partial charge is 0.459 e. The molecule has 2 aromatic heterocycles. The van der Waals surface area contributed by atoms with Crippen LogP contribution in [0.4, 0.5) is 0 Å². The Balaban J connectivity index is 1.61. The normalized spacial score (nSPS) is 11.9. The highest BCUT2D eigenvalue weighted by atomic mass is 16.5. The minimum atomic E-state index is -0.477. The van der Waals surface area contributed by atoms with Gasteiger partial charge in [0.2, 0.25) is 11.7 Å². The second-order valence-corrected chi connectivity index (χ2v) is 6.02. The molecule has 0 aliphatic carbocycles. The first kappa shape index (κ1) is 16.8. The van der Waals surface area contributed by atoms with Gasteiger partial charge in [0.05, 0.1) is 6.26 Å². The van der Waals surface area contributed by atoms with E-state index in [0.717, 1.165) is 11.1 Å². The molecule has 1 N–H and O–H groups in total. The van der Waals surface area contributed by atoms with E-state index in [4.69, 9.17) is 8.94 Å². The maximum absolute atomic E-state index is 12.5. The zero-order chi connectivity index (χ0) is 18.5. The summed E-state index contributed by atoms with van der Waals surface area (Å²) in [5.41, 5.74) is 1.89. The number of hydrogen-bond donors (Lipinski definition) is 1. The van der Waals surface area contributed by atoms with Crippen molar-refractivity contribution in [1.82, 2.24) is 15.5 Å². The molecule has 0 unspecified atom stereocenters. The number of nitrogens with zero attached hydrogens (tertiary/aromatic N) is 2. The molecular weight excluding hydrogens is 342 g/mol. The van der Waals surface area contributed by atoms with Crippen molar-refractivity contribution in [3.05, 3.63) is 96.3 Å². The number of nitrogens with one attached hydrogen (secondary N) is 1. The lowest BCUT2D eigenvalue weighted by molar-refractivity contribution is 0.0900. The molecule has 134 valence electrons. The Morgan fingerprint density at radius 2 is 1.70 bits per heavy atom. The topological polar surface area (TPSA) is 81.2 Å². The van der Waals surface area contributed by atoms with Crippen LogP contribution in [0, 0.1) is 0 Å². The fourth-order valence-corrected chi connectivity index (χ4v) is 2.77. The van der Waals surface area contributed by atoms with Crippen molar-refractivity contribution >= 4 is 5.91 Å². The fraction of sp³-hybridized carbons (Fsp3) is 0.0952. The number of hydrogen-bond acceptors (Lipinski definition) is 5. The zero-order valence-corrected chi connectivity index (χ0v) is 14.4. The highest BCUT2D eigenvalue weighted by Gasteiger charge is 2.23. The lowest BCUT2D eigenvalue weighted by Gasteiger charge is -2.14. The van der Waals surface area contributed by atoms with Gasteiger partial charge in [0.25, 0.3) is 5.91 Å². The number of rotatable bonds is 6. The van der Waals surface area contributed by atoms with E-state index >= 15 is 0 Å². The van der Waals surface area contributed by atoms with E-state index in [1.807, 2.05) is 60.7 Å². The number of benzene rings is 2. The first-order chi connectivity index (χ1) is 13.3. The first-order valence-electron chi connectivity index (χ1n) is 8.57. The number of carbonyl (C=O) groups is 1. The van der Waals surface area contributed by atoms with Gasteiger partial charge in [-0.05, 0) is 17.7 Å². The molecular formula is C21H17N3O3. The van der Waals surface area contributed by atoms with Crippen LogP contribution in [0.15, 0.2) is 88.0 Å². The number of aromatic nitrogens is 2. The summed E-state index contributed by atoms with van der Waals surface area (Å²) < 4.78 is 10.6. The van der Waals surface area contributed by atoms with E-state index in [1.54, 1.807) is 12.1 Å². The molecule has 1 atom stereocenters. The maximum atomic E-state index is 12.5. The predicted octanol–water partition coefficient (Wildman–Crippen LogP) is 4.04. The quantitative estimate of drug-likeness (QED) is 0.562. The third-order valence-electron chi connectivity index (χ3n) is 4.10. The van der Waals surface area contributed by atoms with Gasteiger partial charge >= 0.3 is 0 Å². The standard InChI is InChI=1S/C21H17N3O3/c25-20(18-12-7-13-26-18)22-17(14-15-8-3-1-4-9-15)21-23-19(24-27-21)16-10-5-2-6-11-16/h1-13,17H,14H2,(H,22,25)/t17-/m0/s1. The highest BCUT2D eigenvalue weighted by Crippen LogP contribution is 2.22. The zero-order valence-electron chi connectivity index (χ0n) is 14.4. The third kappa shape index (κ3) is 3.95. The summed E-state index contributed by atoms with van der Waals surface area (Å²) in [6.07, 6.45) is 1.98. The van der Waals surface area contributed by atoms with Gasteiger partial charge in [-0.15, -0.1) is 0 Å². The summed E-state index contributed by atoms with van der Waals surface area (Å²) in [5.74, 6) is 0.727. The van der Waals surface area contributed by atoms with Crippen molar-refractivity contribution in [3.63, 3.8) is 0 Å². The van der Waals surface area contributed by atoms with Gasteiger partial charge in [0.15, 0.2) is 5.76 Å². The van der Waals surface area contributed by atoms with Gasteiger partial charge in [-0.1, -0.05) is 65.8 Å².